The molecule has 264 valence electrons. The van der Waals surface area contributed by atoms with Crippen LogP contribution in [0, 0.1) is 11.6 Å². The van der Waals surface area contributed by atoms with E-state index in [2.05, 4.69) is 0 Å². The van der Waals surface area contributed by atoms with Crippen LogP contribution in [0.15, 0.2) is 66.7 Å². The number of carboxylic acid groups (broad SMARTS) is 1. The molecule has 0 spiro atoms. The summed E-state index contributed by atoms with van der Waals surface area (Å²) in [5, 5.41) is 9.16. The molecular weight excluding hydrogens is 692 g/mol. The zero-order valence-electron chi connectivity index (χ0n) is 25.6. The molecule has 1 aliphatic heterocycles. The van der Waals surface area contributed by atoms with E-state index in [4.69, 9.17) is 14.6 Å². The first-order valence-corrected chi connectivity index (χ1v) is 14.4. The van der Waals surface area contributed by atoms with Gasteiger partial charge in [0.05, 0.1) is 36.4 Å². The number of cyclic esters (lactones) is 1. The Kier molecular flexibility index (Phi) is 9.51. The smallest absolute Gasteiger partial charge is 0.416 e. The molecule has 1 N–H and O–H groups in total. The number of amides is 1. The standard InChI is InChI=1S/C34H23F10NO5/c1-15-29(17-7-18(30(37)38)9-21(8-17)34(42,43)44)50-32(48)45(15)14-19-10-20(33(39,40)41)4-6-22(19)25-12-24(27(36)13-28(25)49-2)23-5-3-16(31(46)47)11-26(23)35/h3-13,15,29-30H,14H2,1-2H3,(H,46,47)/t15-,29-/m0/s1. The second-order valence-corrected chi connectivity index (χ2v) is 11.3. The number of alkyl halides is 8. The lowest BCUT2D eigenvalue weighted by Gasteiger charge is -2.24. The van der Waals surface area contributed by atoms with Gasteiger partial charge in [0.2, 0.25) is 0 Å². The van der Waals surface area contributed by atoms with Crippen molar-refractivity contribution in [2.75, 3.05) is 7.11 Å². The van der Waals surface area contributed by atoms with Crippen molar-refractivity contribution in [3.8, 4) is 28.0 Å². The molecule has 1 heterocycles. The molecule has 0 aromatic heterocycles. The van der Waals surface area contributed by atoms with E-state index in [1.165, 1.54) is 6.92 Å². The highest BCUT2D eigenvalue weighted by molar-refractivity contribution is 5.89. The van der Waals surface area contributed by atoms with Gasteiger partial charge in [-0.2, -0.15) is 26.3 Å². The fourth-order valence-electron chi connectivity index (χ4n) is 5.64. The van der Waals surface area contributed by atoms with Crippen LogP contribution in [-0.4, -0.2) is 35.2 Å². The van der Waals surface area contributed by atoms with Crippen LogP contribution in [0.5, 0.6) is 5.75 Å². The van der Waals surface area contributed by atoms with Crippen LogP contribution in [0.3, 0.4) is 0 Å². The van der Waals surface area contributed by atoms with Gasteiger partial charge in [0.15, 0.2) is 0 Å². The minimum absolute atomic E-state index is 0.0684. The first-order chi connectivity index (χ1) is 23.3. The van der Waals surface area contributed by atoms with Crippen molar-refractivity contribution < 1.29 is 68.1 Å². The van der Waals surface area contributed by atoms with Crippen LogP contribution in [-0.2, 0) is 23.6 Å². The molecule has 50 heavy (non-hydrogen) atoms. The van der Waals surface area contributed by atoms with E-state index < -0.39 is 100 Å². The van der Waals surface area contributed by atoms with Gasteiger partial charge in [-0.25, -0.2) is 27.2 Å². The third-order valence-corrected chi connectivity index (χ3v) is 8.14. The Morgan fingerprint density at radius 1 is 0.840 bits per heavy atom. The number of methoxy groups -OCH3 is 1. The maximum Gasteiger partial charge on any atom is 0.416 e. The summed E-state index contributed by atoms with van der Waals surface area (Å²) in [7, 11) is 1.12. The predicted molar refractivity (Wildman–Crippen MR) is 156 cm³/mol. The number of halogens is 10. The van der Waals surface area contributed by atoms with Gasteiger partial charge < -0.3 is 14.6 Å². The van der Waals surface area contributed by atoms with Crippen LogP contribution in [0.25, 0.3) is 22.3 Å². The van der Waals surface area contributed by atoms with Gasteiger partial charge in [0.25, 0.3) is 6.43 Å². The van der Waals surface area contributed by atoms with Crippen LogP contribution in [0.2, 0.25) is 0 Å². The highest BCUT2D eigenvalue weighted by atomic mass is 19.4. The molecule has 1 fully saturated rings. The molecule has 4 aromatic rings. The average Bonchev–Trinajstić information content (AvgIpc) is 3.32. The fraction of sp³-hybridized carbons (Fsp3) is 0.235. The molecule has 1 amide bonds. The predicted octanol–water partition coefficient (Wildman–Crippen LogP) is 10.1. The Morgan fingerprint density at radius 3 is 2.06 bits per heavy atom. The normalized spacial score (nSPS) is 16.6. The maximum atomic E-state index is 15.3. The van der Waals surface area contributed by atoms with Crippen LogP contribution < -0.4 is 4.74 Å². The molecule has 2 atom stereocenters. The van der Waals surface area contributed by atoms with E-state index in [1.54, 1.807) is 0 Å². The Labute approximate surface area is 276 Å². The summed E-state index contributed by atoms with van der Waals surface area (Å²) in [6, 6.07) is 7.21. The molecule has 1 aliphatic rings. The molecule has 4 aromatic carbocycles. The number of hydrogen-bond acceptors (Lipinski definition) is 4. The lowest BCUT2D eigenvalue weighted by atomic mass is 9.92. The van der Waals surface area contributed by atoms with E-state index in [9.17, 15) is 44.7 Å². The molecule has 16 heteroatoms. The largest absolute Gasteiger partial charge is 0.496 e. The molecule has 1 saturated heterocycles. The van der Waals surface area contributed by atoms with E-state index in [0.29, 0.717) is 24.3 Å². The summed E-state index contributed by atoms with van der Waals surface area (Å²) in [4.78, 5) is 25.2. The average molecular weight is 716 g/mol. The van der Waals surface area contributed by atoms with E-state index in [0.717, 1.165) is 48.4 Å². The molecular formula is C34H23F10NO5. The Balaban J connectivity index is 1.61. The lowest BCUT2D eigenvalue weighted by molar-refractivity contribution is -0.138. The second kappa shape index (κ2) is 13.2. The molecule has 0 aliphatic carbocycles. The van der Waals surface area contributed by atoms with Gasteiger partial charge in [-0.1, -0.05) is 12.1 Å². The topological polar surface area (TPSA) is 76.1 Å². The van der Waals surface area contributed by atoms with Gasteiger partial charge in [0, 0.05) is 28.3 Å². The summed E-state index contributed by atoms with van der Waals surface area (Å²) in [6.07, 6.45) is -16.0. The second-order valence-electron chi connectivity index (χ2n) is 11.3. The number of carbonyl (C=O) groups is 2. The van der Waals surface area contributed by atoms with Gasteiger partial charge >= 0.3 is 24.4 Å². The Hall–Kier alpha value is -5.28. The molecule has 6 nitrogen and oxygen atoms in total. The molecule has 0 radical (unpaired) electrons. The summed E-state index contributed by atoms with van der Waals surface area (Å²) in [5.74, 6) is -3.85. The third-order valence-electron chi connectivity index (χ3n) is 8.14. The van der Waals surface area contributed by atoms with Crippen molar-refractivity contribution in [3.63, 3.8) is 0 Å². The quantitative estimate of drug-likeness (QED) is 0.184. The summed E-state index contributed by atoms with van der Waals surface area (Å²) in [6.45, 7) is 0.624. The number of nitrogens with zero attached hydrogens (tertiary/aromatic N) is 1. The zero-order chi connectivity index (χ0) is 36.9. The lowest BCUT2D eigenvalue weighted by Crippen LogP contribution is -2.31. The number of carbonyl (C=O) groups excluding carboxylic acids is 1. The minimum atomic E-state index is -5.04. The van der Waals surface area contributed by atoms with Crippen molar-refractivity contribution in [1.82, 2.24) is 4.90 Å². The first-order valence-electron chi connectivity index (χ1n) is 14.4. The summed E-state index contributed by atoms with van der Waals surface area (Å²) >= 11 is 0. The van der Waals surface area contributed by atoms with E-state index in [-0.39, 0.29) is 28.5 Å². The molecule has 0 unspecified atom stereocenters. The zero-order valence-corrected chi connectivity index (χ0v) is 25.6. The number of rotatable bonds is 8. The third kappa shape index (κ3) is 7.05. The Morgan fingerprint density at radius 2 is 1.48 bits per heavy atom. The SMILES string of the molecule is COc1cc(F)c(-c2ccc(C(=O)O)cc2F)cc1-c1ccc(C(F)(F)F)cc1CN1C(=O)O[C@H](c2cc(C(F)F)cc(C(F)(F)F)c2)[C@@H]1C. The van der Waals surface area contributed by atoms with Crippen LogP contribution >= 0.6 is 0 Å². The monoisotopic (exact) mass is 715 g/mol. The number of benzene rings is 4. The van der Waals surface area contributed by atoms with Gasteiger partial charge in [-0.15, -0.1) is 0 Å². The van der Waals surface area contributed by atoms with E-state index >= 15 is 8.78 Å². The summed E-state index contributed by atoms with van der Waals surface area (Å²) in [5.41, 5.74) is -5.67. The number of hydrogen-bond donors (Lipinski definition) is 1. The summed E-state index contributed by atoms with van der Waals surface area (Å²) < 4.78 is 150. The maximum absolute atomic E-state index is 15.3. The molecule has 5 rings (SSSR count). The van der Waals surface area contributed by atoms with Crippen molar-refractivity contribution in [2.45, 2.75) is 44.4 Å². The van der Waals surface area contributed by atoms with Gasteiger partial charge in [0.1, 0.15) is 23.5 Å². The number of ether oxygens (including phenoxy) is 2. The van der Waals surface area contributed by atoms with E-state index in [1.807, 2.05) is 0 Å². The highest BCUT2D eigenvalue weighted by Crippen LogP contribution is 2.43. The highest BCUT2D eigenvalue weighted by Gasteiger charge is 2.42. The van der Waals surface area contributed by atoms with Crippen molar-refractivity contribution in [3.05, 3.63) is 112 Å². The number of carboxylic acids is 1. The van der Waals surface area contributed by atoms with Gasteiger partial charge in [-0.3, -0.25) is 4.90 Å². The Bertz CT molecular complexity index is 1980. The van der Waals surface area contributed by atoms with Crippen LogP contribution in [0.1, 0.15) is 57.6 Å². The number of aromatic carboxylic acids is 1. The minimum Gasteiger partial charge on any atom is -0.496 e. The molecule has 0 bridgehead atoms. The first kappa shape index (κ1) is 36.0. The molecule has 0 saturated carbocycles. The van der Waals surface area contributed by atoms with Crippen molar-refractivity contribution >= 4 is 12.1 Å². The van der Waals surface area contributed by atoms with Crippen LogP contribution in [0.4, 0.5) is 48.7 Å². The van der Waals surface area contributed by atoms with Crippen molar-refractivity contribution in [1.29, 1.82) is 0 Å². The van der Waals surface area contributed by atoms with Crippen molar-refractivity contribution in [2.24, 2.45) is 0 Å². The van der Waals surface area contributed by atoms with Gasteiger partial charge in [-0.05, 0) is 72.1 Å². The fourth-order valence-corrected chi connectivity index (χ4v) is 5.64.